The molecule has 0 saturated heterocycles. The summed E-state index contributed by atoms with van der Waals surface area (Å²) in [5.41, 5.74) is 1.20. The molecule has 0 spiro atoms. The van der Waals surface area contributed by atoms with Crippen molar-refractivity contribution in [3.8, 4) is 6.07 Å². The van der Waals surface area contributed by atoms with Crippen molar-refractivity contribution >= 4 is 17.5 Å². The van der Waals surface area contributed by atoms with Crippen molar-refractivity contribution in [1.29, 1.82) is 5.26 Å². The molecule has 17 heavy (non-hydrogen) atoms. The Kier molecular flexibility index (Phi) is 2.87. The minimum absolute atomic E-state index is 0.407. The quantitative estimate of drug-likeness (QED) is 0.811. The van der Waals surface area contributed by atoms with Gasteiger partial charge in [0, 0.05) is 20.3 Å². The van der Waals surface area contributed by atoms with Crippen molar-refractivity contribution in [3.63, 3.8) is 0 Å². The van der Waals surface area contributed by atoms with Gasteiger partial charge in [0.2, 0.25) is 5.95 Å². The lowest BCUT2D eigenvalue weighted by molar-refractivity contribution is 0.768. The summed E-state index contributed by atoms with van der Waals surface area (Å²) in [6.45, 7) is 0. The standard InChI is InChI=1S/C10H11N7/c1-12-9-7(3-11)4-13-10(16-9)15-8-5-14-17(2)6-8/h4-6H,1-2H3,(H2,12,13,15,16). The Morgan fingerprint density at radius 1 is 1.41 bits per heavy atom. The van der Waals surface area contributed by atoms with Crippen LogP contribution < -0.4 is 10.6 Å². The van der Waals surface area contributed by atoms with Crippen LogP contribution >= 0.6 is 0 Å². The van der Waals surface area contributed by atoms with Gasteiger partial charge < -0.3 is 10.6 Å². The highest BCUT2D eigenvalue weighted by molar-refractivity contribution is 5.57. The highest BCUT2D eigenvalue weighted by Gasteiger charge is 2.05. The topological polar surface area (TPSA) is 91.4 Å². The van der Waals surface area contributed by atoms with E-state index in [1.54, 1.807) is 24.1 Å². The summed E-state index contributed by atoms with van der Waals surface area (Å²) in [5.74, 6) is 0.912. The summed E-state index contributed by atoms with van der Waals surface area (Å²) in [6, 6.07) is 2.01. The third-order valence-corrected chi connectivity index (χ3v) is 2.11. The molecule has 2 N–H and O–H groups in total. The van der Waals surface area contributed by atoms with Gasteiger partial charge in [-0.15, -0.1) is 0 Å². The molecular formula is C10H11N7. The summed E-state index contributed by atoms with van der Waals surface area (Å²) >= 11 is 0. The zero-order valence-electron chi connectivity index (χ0n) is 9.47. The summed E-state index contributed by atoms with van der Waals surface area (Å²) in [5, 5.41) is 18.7. The fourth-order valence-electron chi connectivity index (χ4n) is 1.33. The van der Waals surface area contributed by atoms with Gasteiger partial charge in [-0.2, -0.15) is 15.3 Å². The molecule has 0 fully saturated rings. The van der Waals surface area contributed by atoms with Gasteiger partial charge in [-0.3, -0.25) is 4.68 Å². The number of anilines is 3. The highest BCUT2D eigenvalue weighted by atomic mass is 15.3. The first-order chi connectivity index (χ1) is 8.22. The molecule has 2 aromatic heterocycles. The van der Waals surface area contributed by atoms with E-state index in [2.05, 4.69) is 25.7 Å². The smallest absolute Gasteiger partial charge is 0.229 e. The van der Waals surface area contributed by atoms with E-state index in [1.165, 1.54) is 6.20 Å². The Morgan fingerprint density at radius 2 is 2.24 bits per heavy atom. The first-order valence-electron chi connectivity index (χ1n) is 4.93. The molecule has 0 atom stereocenters. The van der Waals surface area contributed by atoms with Gasteiger partial charge in [0.05, 0.1) is 18.1 Å². The van der Waals surface area contributed by atoms with Gasteiger partial charge >= 0.3 is 0 Å². The Morgan fingerprint density at radius 3 is 2.82 bits per heavy atom. The van der Waals surface area contributed by atoms with E-state index in [0.717, 1.165) is 5.69 Å². The monoisotopic (exact) mass is 229 g/mol. The lowest BCUT2D eigenvalue weighted by atomic mass is 10.3. The number of nitrogens with one attached hydrogen (secondary N) is 2. The second-order valence-corrected chi connectivity index (χ2v) is 3.35. The molecule has 2 aromatic rings. The van der Waals surface area contributed by atoms with E-state index in [9.17, 15) is 0 Å². The summed E-state index contributed by atoms with van der Waals surface area (Å²) in [7, 11) is 3.53. The molecule has 0 unspecified atom stereocenters. The molecule has 2 rings (SSSR count). The Hall–Kier alpha value is -2.62. The van der Waals surface area contributed by atoms with Gasteiger partial charge in [0.1, 0.15) is 17.5 Å². The van der Waals surface area contributed by atoms with Gasteiger partial charge in [-0.05, 0) is 0 Å². The number of nitrogens with zero attached hydrogens (tertiary/aromatic N) is 5. The van der Waals surface area contributed by atoms with Gasteiger partial charge in [-0.1, -0.05) is 0 Å². The predicted octanol–water partition coefficient (Wildman–Crippen LogP) is 0.867. The largest absolute Gasteiger partial charge is 0.372 e. The molecule has 0 aliphatic rings. The lowest BCUT2D eigenvalue weighted by Crippen LogP contribution is -2.02. The van der Waals surface area contributed by atoms with Crippen LogP contribution in [0.1, 0.15) is 5.56 Å². The summed E-state index contributed by atoms with van der Waals surface area (Å²) in [4.78, 5) is 8.21. The molecule has 0 aromatic carbocycles. The average Bonchev–Trinajstić information content (AvgIpc) is 2.74. The Bertz CT molecular complexity index is 566. The van der Waals surface area contributed by atoms with Crippen LogP contribution in [0.2, 0.25) is 0 Å². The lowest BCUT2D eigenvalue weighted by Gasteiger charge is -2.05. The maximum absolute atomic E-state index is 8.83. The third kappa shape index (κ3) is 2.31. The van der Waals surface area contributed by atoms with Crippen LogP contribution in [0.5, 0.6) is 0 Å². The highest BCUT2D eigenvalue weighted by Crippen LogP contribution is 2.15. The molecule has 0 radical (unpaired) electrons. The first kappa shape index (κ1) is 10.9. The van der Waals surface area contributed by atoms with Crippen LogP contribution in [0.3, 0.4) is 0 Å². The molecule has 0 aliphatic heterocycles. The van der Waals surface area contributed by atoms with E-state index < -0.39 is 0 Å². The van der Waals surface area contributed by atoms with Gasteiger partial charge in [0.15, 0.2) is 0 Å². The minimum Gasteiger partial charge on any atom is -0.372 e. The molecule has 86 valence electrons. The summed E-state index contributed by atoms with van der Waals surface area (Å²) in [6.07, 6.45) is 4.94. The van der Waals surface area contributed by atoms with E-state index in [-0.39, 0.29) is 0 Å². The zero-order chi connectivity index (χ0) is 12.3. The van der Waals surface area contributed by atoms with Crippen molar-refractivity contribution in [2.24, 2.45) is 7.05 Å². The van der Waals surface area contributed by atoms with Crippen molar-refractivity contribution in [1.82, 2.24) is 19.7 Å². The fraction of sp³-hybridized carbons (Fsp3) is 0.200. The van der Waals surface area contributed by atoms with Crippen LogP contribution in [-0.2, 0) is 7.05 Å². The molecule has 0 bridgehead atoms. The van der Waals surface area contributed by atoms with Crippen LogP contribution in [0.15, 0.2) is 18.6 Å². The van der Waals surface area contributed by atoms with Crippen molar-refractivity contribution in [3.05, 3.63) is 24.2 Å². The van der Waals surface area contributed by atoms with E-state index in [0.29, 0.717) is 17.3 Å². The summed E-state index contributed by atoms with van der Waals surface area (Å²) < 4.78 is 1.67. The SMILES string of the molecule is CNc1nc(Nc2cnn(C)c2)ncc1C#N. The second-order valence-electron chi connectivity index (χ2n) is 3.35. The van der Waals surface area contributed by atoms with Crippen molar-refractivity contribution in [2.45, 2.75) is 0 Å². The number of aromatic nitrogens is 4. The molecule has 7 nitrogen and oxygen atoms in total. The number of nitriles is 1. The van der Waals surface area contributed by atoms with E-state index in [4.69, 9.17) is 5.26 Å². The van der Waals surface area contributed by atoms with Crippen molar-refractivity contribution in [2.75, 3.05) is 17.7 Å². The molecule has 0 amide bonds. The maximum atomic E-state index is 8.83. The van der Waals surface area contributed by atoms with E-state index in [1.807, 2.05) is 13.1 Å². The molecule has 0 aliphatic carbocycles. The third-order valence-electron chi connectivity index (χ3n) is 2.11. The molecular weight excluding hydrogens is 218 g/mol. The Balaban J connectivity index is 2.25. The van der Waals surface area contributed by atoms with Crippen LogP contribution in [-0.4, -0.2) is 26.8 Å². The first-order valence-corrected chi connectivity index (χ1v) is 4.93. The maximum Gasteiger partial charge on any atom is 0.229 e. The van der Waals surface area contributed by atoms with Crippen LogP contribution in [0.25, 0.3) is 0 Å². The fourth-order valence-corrected chi connectivity index (χ4v) is 1.33. The minimum atomic E-state index is 0.407. The Labute approximate surface area is 98.1 Å². The molecule has 2 heterocycles. The van der Waals surface area contributed by atoms with Gasteiger partial charge in [-0.25, -0.2) is 4.98 Å². The number of hydrogen-bond donors (Lipinski definition) is 2. The number of aryl methyl sites for hydroxylation is 1. The van der Waals surface area contributed by atoms with Crippen LogP contribution in [0, 0.1) is 11.3 Å². The van der Waals surface area contributed by atoms with Crippen molar-refractivity contribution < 1.29 is 0 Å². The predicted molar refractivity (Wildman–Crippen MR) is 62.8 cm³/mol. The number of rotatable bonds is 3. The average molecular weight is 229 g/mol. The zero-order valence-corrected chi connectivity index (χ0v) is 9.47. The molecule has 0 saturated carbocycles. The van der Waals surface area contributed by atoms with Crippen LogP contribution in [0.4, 0.5) is 17.5 Å². The van der Waals surface area contributed by atoms with Gasteiger partial charge in [0.25, 0.3) is 0 Å². The number of hydrogen-bond acceptors (Lipinski definition) is 6. The van der Waals surface area contributed by atoms with E-state index >= 15 is 0 Å². The normalized spacial score (nSPS) is 9.71. The molecule has 7 heteroatoms. The second kappa shape index (κ2) is 4.49.